The number of pyridine rings is 1. The largest absolute Gasteiger partial charge is 0.467 e. The minimum absolute atomic E-state index is 0.219. The Kier molecular flexibility index (Phi) is 4.92. The van der Waals surface area contributed by atoms with Crippen LogP contribution >= 0.6 is 0 Å². The fourth-order valence-electron chi connectivity index (χ4n) is 2.26. The van der Waals surface area contributed by atoms with Crippen LogP contribution in [-0.2, 0) is 12.7 Å². The number of anilines is 2. The molecule has 0 aliphatic carbocycles. The van der Waals surface area contributed by atoms with Crippen LogP contribution in [0.3, 0.4) is 0 Å². The number of amides is 1. The van der Waals surface area contributed by atoms with Crippen LogP contribution < -0.4 is 10.6 Å². The molecule has 0 spiro atoms. The Morgan fingerprint density at radius 1 is 1.08 bits per heavy atom. The Morgan fingerprint density at radius 2 is 1.92 bits per heavy atom. The van der Waals surface area contributed by atoms with Crippen LogP contribution in [0.4, 0.5) is 24.5 Å². The number of hydrogen-bond acceptors (Lipinski definition) is 4. The van der Waals surface area contributed by atoms with Crippen molar-refractivity contribution in [1.29, 1.82) is 0 Å². The minimum Gasteiger partial charge on any atom is -0.467 e. The van der Waals surface area contributed by atoms with E-state index in [9.17, 15) is 18.0 Å². The van der Waals surface area contributed by atoms with Gasteiger partial charge in [-0.25, -0.2) is 0 Å². The van der Waals surface area contributed by atoms with E-state index in [1.165, 1.54) is 36.9 Å². The van der Waals surface area contributed by atoms with Crippen LogP contribution in [0.2, 0.25) is 0 Å². The van der Waals surface area contributed by atoms with Crippen molar-refractivity contribution in [3.8, 4) is 0 Å². The van der Waals surface area contributed by atoms with Crippen LogP contribution in [0, 0.1) is 0 Å². The van der Waals surface area contributed by atoms with Crippen molar-refractivity contribution in [3.05, 3.63) is 78.0 Å². The molecule has 0 unspecified atom stereocenters. The normalized spacial score (nSPS) is 11.2. The SMILES string of the molecule is O=C(NCc1ccco1)c1cncc(Nc2cccc(C(F)(F)F)c2)c1. The molecule has 0 saturated carbocycles. The van der Waals surface area contributed by atoms with E-state index in [1.807, 2.05) is 0 Å². The molecule has 5 nitrogen and oxygen atoms in total. The number of aromatic nitrogens is 1. The van der Waals surface area contributed by atoms with Crippen molar-refractivity contribution in [2.24, 2.45) is 0 Å². The Balaban J connectivity index is 1.70. The highest BCUT2D eigenvalue weighted by Crippen LogP contribution is 2.31. The van der Waals surface area contributed by atoms with Gasteiger partial charge < -0.3 is 15.1 Å². The highest BCUT2D eigenvalue weighted by atomic mass is 19.4. The number of nitrogens with one attached hydrogen (secondary N) is 2. The summed E-state index contributed by atoms with van der Waals surface area (Å²) in [6.45, 7) is 0.219. The van der Waals surface area contributed by atoms with Gasteiger partial charge >= 0.3 is 6.18 Å². The summed E-state index contributed by atoms with van der Waals surface area (Å²) in [5.74, 6) is 0.228. The first kappa shape index (κ1) is 17.5. The van der Waals surface area contributed by atoms with Crippen LogP contribution in [0.1, 0.15) is 21.7 Å². The molecular weight excluding hydrogens is 347 g/mol. The maximum absolute atomic E-state index is 12.8. The first-order valence-corrected chi connectivity index (χ1v) is 7.62. The number of carbonyl (C=O) groups excluding carboxylic acids is 1. The highest BCUT2D eigenvalue weighted by Gasteiger charge is 2.30. The lowest BCUT2D eigenvalue weighted by atomic mass is 10.2. The van der Waals surface area contributed by atoms with Crippen molar-refractivity contribution < 1.29 is 22.4 Å². The monoisotopic (exact) mass is 361 g/mol. The quantitative estimate of drug-likeness (QED) is 0.708. The minimum atomic E-state index is -4.43. The summed E-state index contributed by atoms with van der Waals surface area (Å²) in [7, 11) is 0. The summed E-state index contributed by atoms with van der Waals surface area (Å²) in [5.41, 5.74) is 0.154. The molecule has 0 saturated heterocycles. The van der Waals surface area contributed by atoms with E-state index in [-0.39, 0.29) is 23.7 Å². The Hall–Kier alpha value is -3.29. The highest BCUT2D eigenvalue weighted by molar-refractivity contribution is 5.94. The van der Waals surface area contributed by atoms with Gasteiger partial charge in [0.1, 0.15) is 5.76 Å². The maximum atomic E-state index is 12.8. The van der Waals surface area contributed by atoms with Gasteiger partial charge in [0.2, 0.25) is 0 Å². The molecule has 3 rings (SSSR count). The topological polar surface area (TPSA) is 67.2 Å². The summed E-state index contributed by atoms with van der Waals surface area (Å²) in [4.78, 5) is 16.1. The van der Waals surface area contributed by atoms with Crippen LogP contribution in [0.15, 0.2) is 65.5 Å². The standard InChI is InChI=1S/C18H14F3N3O2/c19-18(20,21)13-3-1-4-14(8-13)24-15-7-12(9-22-10-15)17(25)23-11-16-5-2-6-26-16/h1-10,24H,11H2,(H,23,25). The number of nitrogens with zero attached hydrogens (tertiary/aromatic N) is 1. The van der Waals surface area contributed by atoms with Crippen LogP contribution in [-0.4, -0.2) is 10.9 Å². The molecule has 0 aliphatic rings. The van der Waals surface area contributed by atoms with Gasteiger partial charge in [-0.3, -0.25) is 9.78 Å². The van der Waals surface area contributed by atoms with E-state index >= 15 is 0 Å². The van der Waals surface area contributed by atoms with Crippen molar-refractivity contribution >= 4 is 17.3 Å². The van der Waals surface area contributed by atoms with Crippen molar-refractivity contribution in [1.82, 2.24) is 10.3 Å². The fourth-order valence-corrected chi connectivity index (χ4v) is 2.26. The number of alkyl halides is 3. The Morgan fingerprint density at radius 3 is 2.65 bits per heavy atom. The molecule has 2 heterocycles. The molecule has 1 aromatic carbocycles. The third-order valence-corrected chi connectivity index (χ3v) is 3.48. The summed E-state index contributed by atoms with van der Waals surface area (Å²) in [5, 5.41) is 5.49. The summed E-state index contributed by atoms with van der Waals surface area (Å²) >= 11 is 0. The number of hydrogen-bond donors (Lipinski definition) is 2. The fraction of sp³-hybridized carbons (Fsp3) is 0.111. The zero-order valence-corrected chi connectivity index (χ0v) is 13.4. The molecule has 26 heavy (non-hydrogen) atoms. The zero-order valence-electron chi connectivity index (χ0n) is 13.4. The van der Waals surface area contributed by atoms with E-state index in [0.717, 1.165) is 12.1 Å². The van der Waals surface area contributed by atoms with Gasteiger partial charge in [0, 0.05) is 11.9 Å². The summed E-state index contributed by atoms with van der Waals surface area (Å²) < 4.78 is 43.5. The average Bonchev–Trinajstić information content (AvgIpc) is 3.13. The predicted molar refractivity (Wildman–Crippen MR) is 88.8 cm³/mol. The van der Waals surface area contributed by atoms with Crippen molar-refractivity contribution in [2.75, 3.05) is 5.32 Å². The number of halogens is 3. The Bertz CT molecular complexity index is 893. The summed E-state index contributed by atoms with van der Waals surface area (Å²) in [6.07, 6.45) is -0.134. The van der Waals surface area contributed by atoms with Crippen LogP contribution in [0.25, 0.3) is 0 Å². The number of benzene rings is 1. The maximum Gasteiger partial charge on any atom is 0.416 e. The average molecular weight is 361 g/mol. The van der Waals surface area contributed by atoms with Crippen molar-refractivity contribution in [3.63, 3.8) is 0 Å². The molecule has 0 radical (unpaired) electrons. The van der Waals surface area contributed by atoms with Gasteiger partial charge in [-0.1, -0.05) is 6.07 Å². The lowest BCUT2D eigenvalue weighted by Gasteiger charge is -2.11. The molecule has 0 fully saturated rings. The Labute approximate surface area is 146 Å². The number of carbonyl (C=O) groups is 1. The van der Waals surface area contributed by atoms with Gasteiger partial charge in [-0.05, 0) is 36.4 Å². The van der Waals surface area contributed by atoms with Crippen molar-refractivity contribution in [2.45, 2.75) is 12.7 Å². The molecule has 134 valence electrons. The predicted octanol–water partition coefficient (Wildman–Crippen LogP) is 4.37. The number of furan rings is 1. The van der Waals surface area contributed by atoms with E-state index in [1.54, 1.807) is 12.1 Å². The van der Waals surface area contributed by atoms with Crippen LogP contribution in [0.5, 0.6) is 0 Å². The van der Waals surface area contributed by atoms with E-state index in [0.29, 0.717) is 11.4 Å². The molecule has 0 atom stereocenters. The van der Waals surface area contributed by atoms with Gasteiger partial charge in [-0.2, -0.15) is 13.2 Å². The lowest BCUT2D eigenvalue weighted by Crippen LogP contribution is -2.22. The van der Waals surface area contributed by atoms with Gasteiger partial charge in [0.05, 0.1) is 35.8 Å². The molecule has 8 heteroatoms. The summed E-state index contributed by atoms with van der Waals surface area (Å²) in [6, 6.07) is 9.72. The lowest BCUT2D eigenvalue weighted by molar-refractivity contribution is -0.137. The molecule has 2 aromatic heterocycles. The van der Waals surface area contributed by atoms with Gasteiger partial charge in [0.15, 0.2) is 0 Å². The van der Waals surface area contributed by atoms with E-state index in [2.05, 4.69) is 15.6 Å². The third kappa shape index (κ3) is 4.41. The van der Waals surface area contributed by atoms with E-state index < -0.39 is 11.7 Å². The molecular formula is C18H14F3N3O2. The molecule has 0 bridgehead atoms. The first-order valence-electron chi connectivity index (χ1n) is 7.62. The van der Waals surface area contributed by atoms with Gasteiger partial charge in [0.25, 0.3) is 5.91 Å². The zero-order chi connectivity index (χ0) is 18.6. The third-order valence-electron chi connectivity index (χ3n) is 3.48. The first-order chi connectivity index (χ1) is 12.4. The second-order valence-corrected chi connectivity index (χ2v) is 5.43. The molecule has 0 aliphatic heterocycles. The smallest absolute Gasteiger partial charge is 0.416 e. The van der Waals surface area contributed by atoms with E-state index in [4.69, 9.17) is 4.42 Å². The molecule has 3 aromatic rings. The second-order valence-electron chi connectivity index (χ2n) is 5.43. The second kappa shape index (κ2) is 7.30. The molecule has 1 amide bonds. The number of rotatable bonds is 5. The molecule has 2 N–H and O–H groups in total. The van der Waals surface area contributed by atoms with Gasteiger partial charge in [-0.15, -0.1) is 0 Å².